The predicted octanol–water partition coefficient (Wildman–Crippen LogP) is 1.17. The van der Waals surface area contributed by atoms with Crippen molar-refractivity contribution in [2.24, 2.45) is 0 Å². The molecule has 0 spiro atoms. The van der Waals surface area contributed by atoms with Gasteiger partial charge in [0.1, 0.15) is 0 Å². The zero-order valence-corrected chi connectivity index (χ0v) is 15.0. The van der Waals surface area contributed by atoms with Crippen LogP contribution in [-0.2, 0) is 11.2 Å². The molecule has 0 unspecified atom stereocenters. The van der Waals surface area contributed by atoms with Crippen LogP contribution in [0.4, 0.5) is 0 Å². The highest BCUT2D eigenvalue weighted by atomic mass is 16.3. The van der Waals surface area contributed by atoms with Crippen LogP contribution in [0.1, 0.15) is 17.0 Å². The fraction of sp³-hybridized carbons (Fsp3) is 0.474. The number of hydrogen-bond acceptors (Lipinski definition) is 4. The third-order valence-corrected chi connectivity index (χ3v) is 4.91. The largest absolute Gasteiger partial charge is 0.395 e. The molecule has 0 atom stereocenters. The fourth-order valence-corrected chi connectivity index (χ4v) is 3.38. The number of carbonyl (C=O) groups excluding carboxylic acids is 1. The van der Waals surface area contributed by atoms with Gasteiger partial charge in [-0.2, -0.15) is 5.10 Å². The molecule has 1 aromatic heterocycles. The lowest BCUT2D eigenvalue weighted by Crippen LogP contribution is -2.49. The summed E-state index contributed by atoms with van der Waals surface area (Å²) in [7, 11) is 0. The molecule has 1 fully saturated rings. The Morgan fingerprint density at radius 1 is 1.12 bits per heavy atom. The molecule has 25 heavy (non-hydrogen) atoms. The van der Waals surface area contributed by atoms with E-state index in [-0.39, 0.29) is 12.5 Å². The molecular formula is C19H26N4O2. The zero-order valence-electron chi connectivity index (χ0n) is 15.0. The second-order valence-corrected chi connectivity index (χ2v) is 6.52. The van der Waals surface area contributed by atoms with Gasteiger partial charge in [-0.15, -0.1) is 0 Å². The summed E-state index contributed by atoms with van der Waals surface area (Å²) < 4.78 is 1.91. The van der Waals surface area contributed by atoms with Crippen molar-refractivity contribution in [2.75, 3.05) is 39.3 Å². The molecule has 0 bridgehead atoms. The smallest absolute Gasteiger partial charge is 0.227 e. The van der Waals surface area contributed by atoms with E-state index in [0.717, 1.165) is 48.8 Å². The lowest BCUT2D eigenvalue weighted by atomic mass is 10.1. The number of para-hydroxylation sites is 1. The molecule has 2 aromatic rings. The molecule has 2 heterocycles. The van der Waals surface area contributed by atoms with E-state index in [0.29, 0.717) is 13.0 Å². The molecule has 6 heteroatoms. The van der Waals surface area contributed by atoms with Crippen LogP contribution in [0.2, 0.25) is 0 Å². The number of nitrogens with zero attached hydrogens (tertiary/aromatic N) is 4. The fourth-order valence-electron chi connectivity index (χ4n) is 3.38. The maximum absolute atomic E-state index is 12.7. The molecular weight excluding hydrogens is 316 g/mol. The highest BCUT2D eigenvalue weighted by Crippen LogP contribution is 2.19. The van der Waals surface area contributed by atoms with Gasteiger partial charge >= 0.3 is 0 Å². The highest BCUT2D eigenvalue weighted by molar-refractivity contribution is 5.79. The first kappa shape index (κ1) is 17.6. The van der Waals surface area contributed by atoms with Gasteiger partial charge in [-0.3, -0.25) is 9.69 Å². The van der Waals surface area contributed by atoms with Crippen LogP contribution < -0.4 is 0 Å². The Morgan fingerprint density at radius 2 is 1.80 bits per heavy atom. The predicted molar refractivity (Wildman–Crippen MR) is 96.8 cm³/mol. The van der Waals surface area contributed by atoms with E-state index >= 15 is 0 Å². The first-order chi connectivity index (χ1) is 12.1. The van der Waals surface area contributed by atoms with Crippen molar-refractivity contribution in [3.05, 3.63) is 47.3 Å². The minimum Gasteiger partial charge on any atom is -0.395 e. The first-order valence-electron chi connectivity index (χ1n) is 8.81. The quantitative estimate of drug-likeness (QED) is 0.886. The van der Waals surface area contributed by atoms with E-state index in [1.165, 1.54) is 0 Å². The van der Waals surface area contributed by atoms with Crippen LogP contribution in [0, 0.1) is 13.8 Å². The average molecular weight is 342 g/mol. The van der Waals surface area contributed by atoms with Gasteiger partial charge in [0.05, 0.1) is 24.4 Å². The lowest BCUT2D eigenvalue weighted by molar-refractivity contribution is -0.132. The Labute approximate surface area is 148 Å². The number of aryl methyl sites for hydroxylation is 1. The van der Waals surface area contributed by atoms with E-state index in [2.05, 4.69) is 10.00 Å². The summed E-state index contributed by atoms with van der Waals surface area (Å²) in [6.07, 6.45) is 0.393. The first-order valence-corrected chi connectivity index (χ1v) is 8.81. The summed E-state index contributed by atoms with van der Waals surface area (Å²) in [6, 6.07) is 10.00. The second kappa shape index (κ2) is 7.80. The van der Waals surface area contributed by atoms with Gasteiger partial charge in [0.2, 0.25) is 5.91 Å². The summed E-state index contributed by atoms with van der Waals surface area (Å²) >= 11 is 0. The van der Waals surface area contributed by atoms with Gasteiger partial charge < -0.3 is 10.0 Å². The SMILES string of the molecule is Cc1nn(-c2ccccc2)c(C)c1CC(=O)N1CCN(CCO)CC1. The third-order valence-electron chi connectivity index (χ3n) is 4.91. The minimum atomic E-state index is 0.155. The van der Waals surface area contributed by atoms with Crippen molar-refractivity contribution in [3.63, 3.8) is 0 Å². The van der Waals surface area contributed by atoms with Crippen molar-refractivity contribution < 1.29 is 9.90 Å². The summed E-state index contributed by atoms with van der Waals surface area (Å²) in [4.78, 5) is 16.8. The second-order valence-electron chi connectivity index (χ2n) is 6.52. The van der Waals surface area contributed by atoms with Gasteiger partial charge in [-0.25, -0.2) is 4.68 Å². The van der Waals surface area contributed by atoms with E-state index in [4.69, 9.17) is 5.11 Å². The number of carbonyl (C=O) groups is 1. The number of hydrogen-bond donors (Lipinski definition) is 1. The number of rotatable bonds is 5. The molecule has 3 rings (SSSR count). The van der Waals surface area contributed by atoms with E-state index in [9.17, 15) is 4.79 Å². The van der Waals surface area contributed by atoms with Crippen molar-refractivity contribution in [3.8, 4) is 5.69 Å². The molecule has 0 saturated carbocycles. The molecule has 1 saturated heterocycles. The molecule has 1 N–H and O–H groups in total. The molecule has 6 nitrogen and oxygen atoms in total. The number of piperazine rings is 1. The number of amides is 1. The Hall–Kier alpha value is -2.18. The van der Waals surface area contributed by atoms with E-state index < -0.39 is 0 Å². The Bertz CT molecular complexity index is 719. The summed E-state index contributed by atoms with van der Waals surface area (Å²) in [6.45, 7) is 7.95. The number of aromatic nitrogens is 2. The van der Waals surface area contributed by atoms with Crippen LogP contribution in [0.5, 0.6) is 0 Å². The highest BCUT2D eigenvalue weighted by Gasteiger charge is 2.23. The molecule has 1 aliphatic heterocycles. The van der Waals surface area contributed by atoms with Crippen LogP contribution in [-0.4, -0.2) is 69.9 Å². The van der Waals surface area contributed by atoms with Crippen LogP contribution in [0.25, 0.3) is 5.69 Å². The van der Waals surface area contributed by atoms with Crippen molar-refractivity contribution in [1.29, 1.82) is 0 Å². The Kier molecular flexibility index (Phi) is 5.50. The normalized spacial score (nSPS) is 15.6. The van der Waals surface area contributed by atoms with Gasteiger partial charge in [-0.1, -0.05) is 18.2 Å². The van der Waals surface area contributed by atoms with Crippen molar-refractivity contribution >= 4 is 5.91 Å². The van der Waals surface area contributed by atoms with Crippen molar-refractivity contribution in [2.45, 2.75) is 20.3 Å². The third kappa shape index (κ3) is 3.91. The summed E-state index contributed by atoms with van der Waals surface area (Å²) in [5.74, 6) is 0.155. The number of benzene rings is 1. The number of aliphatic hydroxyl groups is 1. The maximum Gasteiger partial charge on any atom is 0.227 e. The van der Waals surface area contributed by atoms with Crippen LogP contribution in [0.3, 0.4) is 0 Å². The van der Waals surface area contributed by atoms with Gasteiger partial charge in [0.15, 0.2) is 0 Å². The molecule has 1 aromatic carbocycles. The number of β-amino-alcohol motifs (C(OH)–C–C–N with tert-alkyl or cyclic N) is 1. The van der Waals surface area contributed by atoms with E-state index in [1.807, 2.05) is 53.8 Å². The van der Waals surface area contributed by atoms with Gasteiger partial charge in [0, 0.05) is 44.0 Å². The topological polar surface area (TPSA) is 61.6 Å². The maximum atomic E-state index is 12.7. The van der Waals surface area contributed by atoms with E-state index in [1.54, 1.807) is 0 Å². The van der Waals surface area contributed by atoms with Crippen LogP contribution in [0.15, 0.2) is 30.3 Å². The zero-order chi connectivity index (χ0) is 17.8. The molecule has 0 radical (unpaired) electrons. The van der Waals surface area contributed by atoms with Gasteiger partial charge in [0.25, 0.3) is 0 Å². The standard InChI is InChI=1S/C19H26N4O2/c1-15-18(16(2)23(20-15)17-6-4-3-5-7-17)14-19(25)22-10-8-21(9-11-22)12-13-24/h3-7,24H,8-14H2,1-2H3. The molecule has 0 aliphatic carbocycles. The number of aliphatic hydroxyl groups excluding tert-OH is 1. The van der Waals surface area contributed by atoms with Crippen LogP contribution >= 0.6 is 0 Å². The summed E-state index contributed by atoms with van der Waals surface area (Å²) in [5.41, 5.74) is 3.97. The molecule has 1 amide bonds. The molecule has 1 aliphatic rings. The van der Waals surface area contributed by atoms with Gasteiger partial charge in [-0.05, 0) is 26.0 Å². The molecule has 134 valence electrons. The lowest BCUT2D eigenvalue weighted by Gasteiger charge is -2.34. The minimum absolute atomic E-state index is 0.155. The summed E-state index contributed by atoms with van der Waals surface area (Å²) in [5, 5.41) is 13.6. The monoisotopic (exact) mass is 342 g/mol. The average Bonchev–Trinajstić information content (AvgIpc) is 2.91. The van der Waals surface area contributed by atoms with Crippen molar-refractivity contribution in [1.82, 2.24) is 19.6 Å². The Morgan fingerprint density at radius 3 is 2.44 bits per heavy atom. The Balaban J connectivity index is 1.69.